The number of halogens is 2. The van der Waals surface area contributed by atoms with Crippen LogP contribution in [0.1, 0.15) is 15.9 Å². The van der Waals surface area contributed by atoms with Crippen molar-refractivity contribution in [2.75, 3.05) is 6.61 Å². The molecule has 176 valence electrons. The van der Waals surface area contributed by atoms with Crippen LogP contribution < -0.4 is 10.5 Å². The van der Waals surface area contributed by atoms with Crippen molar-refractivity contribution in [3.05, 3.63) is 89.7 Å². The third-order valence-corrected chi connectivity index (χ3v) is 5.72. The van der Waals surface area contributed by atoms with Gasteiger partial charge in [-0.05, 0) is 42.5 Å². The number of carboxylic acid groups (broad SMARTS) is 1. The summed E-state index contributed by atoms with van der Waals surface area (Å²) in [4.78, 5) is 23.6. The van der Waals surface area contributed by atoms with Crippen LogP contribution in [0.3, 0.4) is 0 Å². The van der Waals surface area contributed by atoms with E-state index in [1.807, 2.05) is 0 Å². The molecule has 9 heteroatoms. The number of ether oxygens (including phenoxy) is 1. The summed E-state index contributed by atoms with van der Waals surface area (Å²) in [5.74, 6) is -2.62. The number of aliphatic carboxylic acids is 1. The number of nitrogens with zero attached hydrogens (tertiary/aromatic N) is 1. The van der Waals surface area contributed by atoms with Gasteiger partial charge in [0.15, 0.2) is 6.61 Å². The second-order valence-corrected chi connectivity index (χ2v) is 7.91. The Kier molecular flexibility index (Phi) is 5.44. The Morgan fingerprint density at radius 2 is 1.83 bits per heavy atom. The maximum atomic E-state index is 14.6. The van der Waals surface area contributed by atoms with Crippen LogP contribution in [0.4, 0.5) is 8.78 Å². The van der Waals surface area contributed by atoms with E-state index in [2.05, 4.69) is 0 Å². The molecule has 0 aliphatic carbocycles. The van der Waals surface area contributed by atoms with Gasteiger partial charge in [0.2, 0.25) is 5.91 Å². The summed E-state index contributed by atoms with van der Waals surface area (Å²) in [7, 11) is 0. The topological polar surface area (TPSA) is 108 Å². The third kappa shape index (κ3) is 3.97. The van der Waals surface area contributed by atoms with Crippen LogP contribution in [0, 0.1) is 11.6 Å². The number of furan rings is 1. The maximum absolute atomic E-state index is 14.6. The normalized spacial score (nSPS) is 11.3. The summed E-state index contributed by atoms with van der Waals surface area (Å²) in [5, 5.41) is 10.1. The fourth-order valence-electron chi connectivity index (χ4n) is 4.26. The third-order valence-electron chi connectivity index (χ3n) is 5.72. The first-order chi connectivity index (χ1) is 16.8. The Bertz CT molecular complexity index is 1610. The molecule has 3 aromatic carbocycles. The fourth-order valence-corrected chi connectivity index (χ4v) is 4.26. The van der Waals surface area contributed by atoms with Crippen LogP contribution in [0.5, 0.6) is 5.75 Å². The predicted octanol–water partition coefficient (Wildman–Crippen LogP) is 4.94. The lowest BCUT2D eigenvalue weighted by Crippen LogP contribution is -2.11. The number of carbonyl (C=O) groups is 2. The lowest BCUT2D eigenvalue weighted by molar-refractivity contribution is -0.139. The minimum absolute atomic E-state index is 0.00565. The van der Waals surface area contributed by atoms with Crippen LogP contribution in [0.25, 0.3) is 33.1 Å². The highest BCUT2D eigenvalue weighted by Gasteiger charge is 2.22. The number of amides is 1. The molecule has 1 amide bonds. The minimum Gasteiger partial charge on any atom is -0.481 e. The molecule has 0 saturated carbocycles. The first-order valence-corrected chi connectivity index (χ1v) is 10.5. The Hall–Kier alpha value is -4.66. The highest BCUT2D eigenvalue weighted by atomic mass is 19.1. The summed E-state index contributed by atoms with van der Waals surface area (Å²) < 4.78 is 41.0. The largest absolute Gasteiger partial charge is 0.481 e. The standard InChI is InChI=1S/C26H18F2N2O5/c27-16-7-6-14(18(28)11-16)12-30-19-4-1-3-17(26(29)33)24(19)25-20(30)9-15(21-5-2-8-34-21)10-22(25)35-13-23(31)32/h1-11H,12-13H2,(H2,29,33)(H,31,32). The smallest absolute Gasteiger partial charge is 0.341 e. The zero-order valence-electron chi connectivity index (χ0n) is 18.1. The molecular weight excluding hydrogens is 458 g/mol. The molecule has 5 rings (SSSR count). The van der Waals surface area contributed by atoms with E-state index in [9.17, 15) is 23.5 Å². The van der Waals surface area contributed by atoms with E-state index < -0.39 is 30.1 Å². The zero-order chi connectivity index (χ0) is 24.7. The van der Waals surface area contributed by atoms with E-state index >= 15 is 0 Å². The van der Waals surface area contributed by atoms with Gasteiger partial charge in [-0.2, -0.15) is 0 Å². The molecule has 0 fully saturated rings. The highest BCUT2D eigenvalue weighted by Crippen LogP contribution is 2.41. The van der Waals surface area contributed by atoms with E-state index in [0.717, 1.165) is 12.1 Å². The van der Waals surface area contributed by atoms with E-state index in [0.29, 0.717) is 33.1 Å². The summed E-state index contributed by atoms with van der Waals surface area (Å²) in [6, 6.07) is 15.0. The van der Waals surface area contributed by atoms with Gasteiger partial charge in [0, 0.05) is 28.1 Å². The SMILES string of the molecule is NC(=O)c1cccc2c1c1c(OCC(=O)O)cc(-c3ccco3)cc1n2Cc1ccc(F)cc1F. The molecule has 0 atom stereocenters. The van der Waals surface area contributed by atoms with Gasteiger partial charge < -0.3 is 24.6 Å². The van der Waals surface area contributed by atoms with E-state index in [4.69, 9.17) is 14.9 Å². The first-order valence-electron chi connectivity index (χ1n) is 10.5. The van der Waals surface area contributed by atoms with Crippen molar-refractivity contribution >= 4 is 33.7 Å². The second kappa shape index (κ2) is 8.60. The van der Waals surface area contributed by atoms with E-state index in [1.165, 1.54) is 12.3 Å². The highest BCUT2D eigenvalue weighted by molar-refractivity contribution is 6.20. The summed E-state index contributed by atoms with van der Waals surface area (Å²) in [5.41, 5.74) is 7.69. The molecule has 0 bridgehead atoms. The molecule has 0 aliphatic rings. The molecule has 5 aromatic rings. The zero-order valence-corrected chi connectivity index (χ0v) is 18.1. The van der Waals surface area contributed by atoms with Crippen molar-refractivity contribution in [3.63, 3.8) is 0 Å². The van der Waals surface area contributed by atoms with Crippen LogP contribution in [-0.4, -0.2) is 28.2 Å². The molecule has 0 saturated heterocycles. The van der Waals surface area contributed by atoms with Gasteiger partial charge in [-0.1, -0.05) is 12.1 Å². The van der Waals surface area contributed by atoms with Crippen LogP contribution in [0.15, 0.2) is 71.3 Å². The van der Waals surface area contributed by atoms with Gasteiger partial charge in [-0.25, -0.2) is 13.6 Å². The number of hydrogen-bond acceptors (Lipinski definition) is 4. The Morgan fingerprint density at radius 3 is 2.51 bits per heavy atom. The quantitative estimate of drug-likeness (QED) is 0.346. The molecule has 7 nitrogen and oxygen atoms in total. The predicted molar refractivity (Wildman–Crippen MR) is 124 cm³/mol. The molecule has 0 aliphatic heterocycles. The second-order valence-electron chi connectivity index (χ2n) is 7.91. The summed E-state index contributed by atoms with van der Waals surface area (Å²) in [6.07, 6.45) is 1.49. The van der Waals surface area contributed by atoms with E-state index in [-0.39, 0.29) is 23.4 Å². The van der Waals surface area contributed by atoms with Gasteiger partial charge in [0.25, 0.3) is 0 Å². The number of benzene rings is 3. The molecule has 2 aromatic heterocycles. The number of rotatable bonds is 7. The van der Waals surface area contributed by atoms with Crippen molar-refractivity contribution < 1.29 is 32.6 Å². The Morgan fingerprint density at radius 1 is 1.00 bits per heavy atom. The number of nitrogens with two attached hydrogens (primary N) is 1. The molecule has 0 unspecified atom stereocenters. The number of aromatic nitrogens is 1. The van der Waals surface area contributed by atoms with E-state index in [1.54, 1.807) is 47.0 Å². The number of primary amides is 1. The summed E-state index contributed by atoms with van der Waals surface area (Å²) >= 11 is 0. The Labute approximate surface area is 196 Å². The van der Waals surface area contributed by atoms with Crippen molar-refractivity contribution in [2.24, 2.45) is 5.73 Å². The fraction of sp³-hybridized carbons (Fsp3) is 0.0769. The van der Waals surface area contributed by atoms with Crippen molar-refractivity contribution in [1.29, 1.82) is 0 Å². The molecule has 35 heavy (non-hydrogen) atoms. The number of fused-ring (bicyclic) bond motifs is 3. The number of carbonyl (C=O) groups excluding carboxylic acids is 1. The Balaban J connectivity index is 1.87. The van der Waals surface area contributed by atoms with Crippen molar-refractivity contribution in [1.82, 2.24) is 4.57 Å². The summed E-state index contributed by atoms with van der Waals surface area (Å²) in [6.45, 7) is -0.636. The van der Waals surface area contributed by atoms with Crippen molar-refractivity contribution in [2.45, 2.75) is 6.54 Å². The van der Waals surface area contributed by atoms with Gasteiger partial charge in [0.1, 0.15) is 23.1 Å². The first kappa shape index (κ1) is 22.1. The molecule has 0 spiro atoms. The average molecular weight is 476 g/mol. The molecule has 2 heterocycles. The lowest BCUT2D eigenvalue weighted by atomic mass is 10.0. The van der Waals surface area contributed by atoms with Crippen LogP contribution >= 0.6 is 0 Å². The van der Waals surface area contributed by atoms with Crippen molar-refractivity contribution in [3.8, 4) is 17.1 Å². The monoisotopic (exact) mass is 476 g/mol. The van der Waals surface area contributed by atoms with Crippen LogP contribution in [-0.2, 0) is 11.3 Å². The molecular formula is C26H18F2N2O5. The number of carboxylic acids is 1. The van der Waals surface area contributed by atoms with Crippen LogP contribution in [0.2, 0.25) is 0 Å². The van der Waals surface area contributed by atoms with Gasteiger partial charge >= 0.3 is 5.97 Å². The van der Waals surface area contributed by atoms with Gasteiger partial charge in [0.05, 0.1) is 29.2 Å². The average Bonchev–Trinajstić information content (AvgIpc) is 3.46. The molecule has 3 N–H and O–H groups in total. The van der Waals surface area contributed by atoms with Gasteiger partial charge in [-0.3, -0.25) is 4.79 Å². The van der Waals surface area contributed by atoms with Gasteiger partial charge in [-0.15, -0.1) is 0 Å². The number of hydrogen-bond donors (Lipinski definition) is 2. The minimum atomic E-state index is -1.19. The molecule has 0 radical (unpaired) electrons. The lowest BCUT2D eigenvalue weighted by Gasteiger charge is -2.11. The maximum Gasteiger partial charge on any atom is 0.341 e.